The van der Waals surface area contributed by atoms with E-state index in [1.165, 1.54) is 5.57 Å². The molecule has 0 atom stereocenters. The van der Waals surface area contributed by atoms with Crippen molar-refractivity contribution in [3.05, 3.63) is 53.6 Å². The van der Waals surface area contributed by atoms with Crippen molar-refractivity contribution >= 4 is 11.5 Å². The third-order valence-corrected chi connectivity index (χ3v) is 3.91. The van der Waals surface area contributed by atoms with Crippen LogP contribution in [0.15, 0.2) is 48.1 Å². The van der Waals surface area contributed by atoms with Crippen LogP contribution in [0.25, 0.3) is 5.57 Å². The third-order valence-electron chi connectivity index (χ3n) is 3.91. The lowest BCUT2D eigenvalue weighted by Gasteiger charge is -2.18. The Morgan fingerprint density at radius 3 is 2.38 bits per heavy atom. The zero-order valence-corrected chi connectivity index (χ0v) is 13.1. The number of rotatable bonds is 5. The van der Waals surface area contributed by atoms with Crippen LogP contribution in [0.4, 0.5) is 0 Å². The SMILES string of the molecule is CC/C=C(/C=C(\C(=O)N1CCCC1)c1ccccc1)CC. The van der Waals surface area contributed by atoms with Crippen LogP contribution in [-0.4, -0.2) is 23.9 Å². The molecule has 0 N–H and O–H groups in total. The maximum absolute atomic E-state index is 12.8. The number of amides is 1. The molecular weight excluding hydrogens is 258 g/mol. The zero-order chi connectivity index (χ0) is 15.1. The quantitative estimate of drug-likeness (QED) is 0.578. The molecule has 0 saturated carbocycles. The Morgan fingerprint density at radius 2 is 1.81 bits per heavy atom. The Morgan fingerprint density at radius 1 is 1.14 bits per heavy atom. The molecule has 2 heteroatoms. The van der Waals surface area contributed by atoms with Crippen molar-refractivity contribution in [2.24, 2.45) is 0 Å². The number of nitrogens with zero attached hydrogens (tertiary/aromatic N) is 1. The Hall–Kier alpha value is -1.83. The van der Waals surface area contributed by atoms with Gasteiger partial charge in [-0.1, -0.05) is 55.8 Å². The first-order valence-electron chi connectivity index (χ1n) is 8.01. The van der Waals surface area contributed by atoms with Crippen molar-refractivity contribution in [1.82, 2.24) is 4.90 Å². The molecule has 1 aromatic rings. The van der Waals surface area contributed by atoms with Crippen LogP contribution in [0.1, 0.15) is 45.1 Å². The first kappa shape index (κ1) is 15.6. The van der Waals surface area contributed by atoms with Crippen LogP contribution in [-0.2, 0) is 4.79 Å². The first-order valence-corrected chi connectivity index (χ1v) is 8.01. The summed E-state index contributed by atoms with van der Waals surface area (Å²) in [6.07, 6.45) is 8.50. The number of carbonyl (C=O) groups is 1. The first-order chi connectivity index (χ1) is 10.3. The van der Waals surface area contributed by atoms with Crippen LogP contribution in [0.5, 0.6) is 0 Å². The van der Waals surface area contributed by atoms with E-state index in [1.54, 1.807) is 0 Å². The van der Waals surface area contributed by atoms with E-state index in [4.69, 9.17) is 0 Å². The Kier molecular flexibility index (Phi) is 5.79. The molecule has 2 rings (SSSR count). The van der Waals surface area contributed by atoms with Gasteiger partial charge in [-0.25, -0.2) is 0 Å². The molecular formula is C19H25NO. The van der Waals surface area contributed by atoms with Gasteiger partial charge in [-0.2, -0.15) is 0 Å². The van der Waals surface area contributed by atoms with Crippen molar-refractivity contribution in [1.29, 1.82) is 0 Å². The lowest BCUT2D eigenvalue weighted by atomic mass is 10.00. The summed E-state index contributed by atoms with van der Waals surface area (Å²) in [6.45, 7) is 6.05. The van der Waals surface area contributed by atoms with Gasteiger partial charge in [-0.05, 0) is 37.3 Å². The average Bonchev–Trinajstić information content (AvgIpc) is 3.06. The topological polar surface area (TPSA) is 20.3 Å². The van der Waals surface area contributed by atoms with E-state index in [2.05, 4.69) is 26.0 Å². The zero-order valence-electron chi connectivity index (χ0n) is 13.1. The summed E-state index contributed by atoms with van der Waals surface area (Å²) in [5.41, 5.74) is 3.09. The molecule has 2 nitrogen and oxygen atoms in total. The minimum atomic E-state index is 0.175. The van der Waals surface area contributed by atoms with Crippen molar-refractivity contribution in [3.8, 4) is 0 Å². The normalized spacial score (nSPS) is 16.4. The van der Waals surface area contributed by atoms with E-state index in [0.29, 0.717) is 0 Å². The van der Waals surface area contributed by atoms with Crippen LogP contribution in [0.2, 0.25) is 0 Å². The fourth-order valence-electron chi connectivity index (χ4n) is 2.73. The Bertz CT molecular complexity index is 522. The molecule has 1 fully saturated rings. The van der Waals surface area contributed by atoms with Gasteiger partial charge in [0.05, 0.1) is 0 Å². The number of hydrogen-bond donors (Lipinski definition) is 0. The van der Waals surface area contributed by atoms with Crippen molar-refractivity contribution in [2.45, 2.75) is 39.5 Å². The smallest absolute Gasteiger partial charge is 0.254 e. The molecule has 0 spiro atoms. The summed E-state index contributed by atoms with van der Waals surface area (Å²) in [5, 5.41) is 0. The van der Waals surface area contributed by atoms with Crippen LogP contribution >= 0.6 is 0 Å². The Labute approximate surface area is 128 Å². The highest BCUT2D eigenvalue weighted by Gasteiger charge is 2.22. The van der Waals surface area contributed by atoms with E-state index < -0.39 is 0 Å². The van der Waals surface area contributed by atoms with Gasteiger partial charge in [0.2, 0.25) is 0 Å². The molecule has 0 unspecified atom stereocenters. The van der Waals surface area contributed by atoms with E-state index in [0.717, 1.165) is 49.9 Å². The number of allylic oxidation sites excluding steroid dienone is 3. The van der Waals surface area contributed by atoms with Crippen molar-refractivity contribution < 1.29 is 4.79 Å². The van der Waals surface area contributed by atoms with Crippen molar-refractivity contribution in [3.63, 3.8) is 0 Å². The minimum Gasteiger partial charge on any atom is -0.339 e. The lowest BCUT2D eigenvalue weighted by molar-refractivity contribution is -0.124. The molecule has 1 saturated heterocycles. The number of hydrogen-bond acceptors (Lipinski definition) is 1. The van der Waals surface area contributed by atoms with Crippen LogP contribution in [0.3, 0.4) is 0 Å². The molecule has 1 heterocycles. The molecule has 0 bridgehead atoms. The fraction of sp³-hybridized carbons (Fsp3) is 0.421. The van der Waals surface area contributed by atoms with Gasteiger partial charge in [0.1, 0.15) is 0 Å². The van der Waals surface area contributed by atoms with Crippen LogP contribution in [0, 0.1) is 0 Å². The molecule has 0 aromatic heterocycles. The van der Waals surface area contributed by atoms with Gasteiger partial charge in [-0.3, -0.25) is 4.79 Å². The van der Waals surface area contributed by atoms with Crippen LogP contribution < -0.4 is 0 Å². The number of likely N-dealkylation sites (tertiary alicyclic amines) is 1. The van der Waals surface area contributed by atoms with Crippen molar-refractivity contribution in [2.75, 3.05) is 13.1 Å². The highest BCUT2D eigenvalue weighted by atomic mass is 16.2. The monoisotopic (exact) mass is 283 g/mol. The summed E-state index contributed by atoms with van der Waals surface area (Å²) < 4.78 is 0. The highest BCUT2D eigenvalue weighted by Crippen LogP contribution is 2.23. The van der Waals surface area contributed by atoms with Gasteiger partial charge in [-0.15, -0.1) is 0 Å². The summed E-state index contributed by atoms with van der Waals surface area (Å²) >= 11 is 0. The summed E-state index contributed by atoms with van der Waals surface area (Å²) in [7, 11) is 0. The largest absolute Gasteiger partial charge is 0.339 e. The molecule has 1 aromatic carbocycles. The number of benzene rings is 1. The fourth-order valence-corrected chi connectivity index (χ4v) is 2.73. The van der Waals surface area contributed by atoms with E-state index >= 15 is 0 Å². The highest BCUT2D eigenvalue weighted by molar-refractivity contribution is 6.20. The molecule has 1 aliphatic heterocycles. The maximum atomic E-state index is 12.8. The summed E-state index contributed by atoms with van der Waals surface area (Å²) in [5.74, 6) is 0.175. The lowest BCUT2D eigenvalue weighted by Crippen LogP contribution is -2.28. The molecule has 0 aliphatic carbocycles. The van der Waals surface area contributed by atoms with Gasteiger partial charge in [0.25, 0.3) is 5.91 Å². The standard InChI is InChI=1S/C19H25NO/c1-3-10-16(4-2)15-18(17-11-6-5-7-12-17)19(21)20-13-8-9-14-20/h5-7,10-12,15H,3-4,8-9,13-14H2,1-2H3/b16-10+,18-15-. The second kappa shape index (κ2) is 7.82. The molecule has 1 amide bonds. The second-order valence-corrected chi connectivity index (χ2v) is 5.46. The summed E-state index contributed by atoms with van der Waals surface area (Å²) in [6, 6.07) is 10.0. The average molecular weight is 283 g/mol. The predicted octanol–water partition coefficient (Wildman–Crippen LogP) is 4.44. The maximum Gasteiger partial charge on any atom is 0.254 e. The number of carbonyl (C=O) groups excluding carboxylic acids is 1. The minimum absolute atomic E-state index is 0.175. The van der Waals surface area contributed by atoms with E-state index in [-0.39, 0.29) is 5.91 Å². The van der Waals surface area contributed by atoms with Gasteiger partial charge < -0.3 is 4.90 Å². The van der Waals surface area contributed by atoms with E-state index in [1.807, 2.05) is 35.2 Å². The van der Waals surface area contributed by atoms with Gasteiger partial charge in [0.15, 0.2) is 0 Å². The Balaban J connectivity index is 2.36. The summed E-state index contributed by atoms with van der Waals surface area (Å²) in [4.78, 5) is 14.8. The molecule has 0 radical (unpaired) electrons. The van der Waals surface area contributed by atoms with Gasteiger partial charge >= 0.3 is 0 Å². The molecule has 112 valence electrons. The third kappa shape index (κ3) is 4.07. The molecule has 1 aliphatic rings. The van der Waals surface area contributed by atoms with Gasteiger partial charge in [0, 0.05) is 18.7 Å². The second-order valence-electron chi connectivity index (χ2n) is 5.46. The predicted molar refractivity (Wildman–Crippen MR) is 88.9 cm³/mol. The molecule has 21 heavy (non-hydrogen) atoms. The van der Waals surface area contributed by atoms with E-state index in [9.17, 15) is 4.79 Å².